The van der Waals surface area contributed by atoms with Gasteiger partial charge in [-0.3, -0.25) is 0 Å². The highest BCUT2D eigenvalue weighted by Gasteiger charge is 2.09. The first-order chi connectivity index (χ1) is 19.4. The number of hydrogen-bond donors (Lipinski definition) is 0. The van der Waals surface area contributed by atoms with Crippen LogP contribution in [0, 0.1) is 34.5 Å². The minimum Gasteiger partial charge on any atom is -0.247 e. The minimum atomic E-state index is -0.427. The van der Waals surface area contributed by atoms with Gasteiger partial charge in [0.1, 0.15) is 0 Å². The molecule has 0 saturated carbocycles. The van der Waals surface area contributed by atoms with Crippen LogP contribution in [-0.2, 0) is 19.4 Å². The molecule has 2 atom stereocenters. The molecule has 0 fully saturated rings. The number of nitrogens with zero attached hydrogens (tertiary/aromatic N) is 4. The van der Waals surface area contributed by atoms with E-state index in [1.165, 1.54) is 77.0 Å². The normalized spacial score (nSPS) is 12.1. The van der Waals surface area contributed by atoms with Crippen LogP contribution in [-0.4, -0.2) is 25.0 Å². The molecule has 0 rings (SSSR count). The average Bonchev–Trinajstić information content (AvgIpc) is 2.96. The zero-order valence-electron chi connectivity index (χ0n) is 26.1. The molecule has 0 aromatic heterocycles. The molecule has 0 spiro atoms. The van der Waals surface area contributed by atoms with Gasteiger partial charge < -0.3 is 0 Å². The molecule has 8 nitrogen and oxygen atoms in total. The second-order valence-electron chi connectivity index (χ2n) is 10.8. The van der Waals surface area contributed by atoms with Crippen LogP contribution in [0.4, 0.5) is 0 Å². The lowest BCUT2D eigenvalue weighted by Crippen LogP contribution is -2.11. The minimum absolute atomic E-state index is 0.0915. The second kappa shape index (κ2) is 32.7. The van der Waals surface area contributed by atoms with Gasteiger partial charge in [-0.2, -0.15) is 20.8 Å². The Balaban J connectivity index is 0. The Kier molecular flexibility index (Phi) is 32.5. The van der Waals surface area contributed by atoms with Crippen molar-refractivity contribution in [3.8, 4) is 12.1 Å². The van der Waals surface area contributed by atoms with Gasteiger partial charge in [0.2, 0.25) is 0 Å². The number of rotatable bonds is 24. The number of unbranched alkanes of at least 4 members (excludes halogenated alkanes) is 16. The average molecular weight is 563 g/mol. The molecule has 40 heavy (non-hydrogen) atoms. The lowest BCUT2D eigenvalue weighted by Gasteiger charge is -2.04. The standard InChI is InChI=1S/C24H46O4.C8H12N4/c1-3-5-7-9-11-13-15-17-19-21-23(25)27-28-24(26)22-20-18-16-14-12-10-8-6-4-2;1-7(3-9)5-11-12-6-8(2)4-10/h3-22H2,1-2H3;7-8H,5-6H2,1-2H3. The van der Waals surface area contributed by atoms with Crippen molar-refractivity contribution in [3.05, 3.63) is 0 Å². The summed E-state index contributed by atoms with van der Waals surface area (Å²) in [7, 11) is 0. The highest BCUT2D eigenvalue weighted by Crippen LogP contribution is 2.12. The topological polar surface area (TPSA) is 125 Å². The first kappa shape index (κ1) is 39.7. The molecule has 230 valence electrons. The maximum Gasteiger partial charge on any atom is 0.355 e. The predicted molar refractivity (Wildman–Crippen MR) is 160 cm³/mol. The van der Waals surface area contributed by atoms with E-state index < -0.39 is 11.9 Å². The summed E-state index contributed by atoms with van der Waals surface area (Å²) in [6.07, 6.45) is 22.3. The van der Waals surface area contributed by atoms with E-state index in [0.29, 0.717) is 25.9 Å². The van der Waals surface area contributed by atoms with Crippen molar-refractivity contribution in [3.63, 3.8) is 0 Å². The van der Waals surface area contributed by atoms with Crippen molar-refractivity contribution in [2.24, 2.45) is 22.1 Å². The Morgan fingerprint density at radius 3 is 1.10 bits per heavy atom. The van der Waals surface area contributed by atoms with Crippen molar-refractivity contribution in [1.29, 1.82) is 10.5 Å². The van der Waals surface area contributed by atoms with Crippen LogP contribution in [0.15, 0.2) is 10.2 Å². The van der Waals surface area contributed by atoms with Crippen LogP contribution in [0.3, 0.4) is 0 Å². The molecule has 0 heterocycles. The van der Waals surface area contributed by atoms with Crippen LogP contribution in [0.1, 0.15) is 156 Å². The number of carbonyl (C=O) groups excluding carboxylic acids is 2. The van der Waals surface area contributed by atoms with E-state index in [1.807, 2.05) is 12.1 Å². The summed E-state index contributed by atoms with van der Waals surface area (Å²) in [5, 5.41) is 24.3. The van der Waals surface area contributed by atoms with Gasteiger partial charge in [0, 0.05) is 0 Å². The van der Waals surface area contributed by atoms with Gasteiger partial charge in [0.25, 0.3) is 0 Å². The Hall–Kier alpha value is -2.48. The summed E-state index contributed by atoms with van der Waals surface area (Å²) in [6, 6.07) is 4.10. The highest BCUT2D eigenvalue weighted by molar-refractivity contribution is 5.72. The molecule has 0 aliphatic heterocycles. The van der Waals surface area contributed by atoms with Gasteiger partial charge in [-0.15, -0.1) is 0 Å². The highest BCUT2D eigenvalue weighted by atomic mass is 17.2. The molecule has 0 aliphatic carbocycles. The number of hydrogen-bond acceptors (Lipinski definition) is 8. The lowest BCUT2D eigenvalue weighted by molar-refractivity contribution is -0.259. The maximum atomic E-state index is 11.6. The molecule has 0 radical (unpaired) electrons. The zero-order valence-corrected chi connectivity index (χ0v) is 26.1. The van der Waals surface area contributed by atoms with Crippen molar-refractivity contribution >= 4 is 11.9 Å². The summed E-state index contributed by atoms with van der Waals surface area (Å²) in [5.74, 6) is -1.04. The first-order valence-corrected chi connectivity index (χ1v) is 15.9. The fraction of sp³-hybridized carbons (Fsp3) is 0.875. The van der Waals surface area contributed by atoms with Crippen molar-refractivity contribution in [1.82, 2.24) is 0 Å². The Labute approximate surface area is 245 Å². The maximum absolute atomic E-state index is 11.6. The van der Waals surface area contributed by atoms with Crippen LogP contribution in [0.5, 0.6) is 0 Å². The van der Waals surface area contributed by atoms with Crippen LogP contribution >= 0.6 is 0 Å². The number of nitriles is 2. The van der Waals surface area contributed by atoms with Gasteiger partial charge in [-0.25, -0.2) is 19.4 Å². The summed E-state index contributed by atoms with van der Waals surface area (Å²) in [5.41, 5.74) is 0. The quantitative estimate of drug-likeness (QED) is 0.0499. The molecular formula is C32H58N4O4. The Morgan fingerprint density at radius 2 is 0.825 bits per heavy atom. The third-order valence-corrected chi connectivity index (χ3v) is 6.45. The molecule has 0 N–H and O–H groups in total. The van der Waals surface area contributed by atoms with E-state index >= 15 is 0 Å². The van der Waals surface area contributed by atoms with Gasteiger partial charge >= 0.3 is 11.9 Å². The third-order valence-electron chi connectivity index (χ3n) is 6.45. The fourth-order valence-corrected chi connectivity index (χ4v) is 3.78. The van der Waals surface area contributed by atoms with Crippen molar-refractivity contribution in [2.75, 3.05) is 13.1 Å². The zero-order chi connectivity index (χ0) is 30.1. The van der Waals surface area contributed by atoms with Gasteiger partial charge in [0.15, 0.2) is 0 Å². The van der Waals surface area contributed by atoms with E-state index in [2.05, 4.69) is 33.9 Å². The molecule has 0 aromatic rings. The fourth-order valence-electron chi connectivity index (χ4n) is 3.78. The largest absolute Gasteiger partial charge is 0.355 e. The van der Waals surface area contributed by atoms with E-state index in [1.54, 1.807) is 13.8 Å². The van der Waals surface area contributed by atoms with Crippen molar-refractivity contribution in [2.45, 2.75) is 156 Å². The number of azo groups is 1. The molecule has 0 aromatic carbocycles. The van der Waals surface area contributed by atoms with Gasteiger partial charge in [-0.1, -0.05) is 117 Å². The van der Waals surface area contributed by atoms with Gasteiger partial charge in [0.05, 0.1) is 49.9 Å². The summed E-state index contributed by atoms with van der Waals surface area (Å²) >= 11 is 0. The monoisotopic (exact) mass is 562 g/mol. The molecule has 2 unspecified atom stereocenters. The molecule has 0 saturated heterocycles. The smallest absolute Gasteiger partial charge is 0.247 e. The Bertz CT molecular complexity index is 642. The molecule has 0 bridgehead atoms. The second-order valence-corrected chi connectivity index (χ2v) is 10.8. The molecule has 0 amide bonds. The van der Waals surface area contributed by atoms with E-state index in [4.69, 9.17) is 10.5 Å². The summed E-state index contributed by atoms with van der Waals surface area (Å²) in [6.45, 7) is 8.88. The van der Waals surface area contributed by atoms with Crippen molar-refractivity contribution < 1.29 is 19.4 Å². The third kappa shape index (κ3) is 33.5. The molecule has 0 aliphatic rings. The first-order valence-electron chi connectivity index (χ1n) is 15.9. The van der Waals surface area contributed by atoms with E-state index in [9.17, 15) is 9.59 Å². The molecular weight excluding hydrogens is 504 g/mol. The van der Waals surface area contributed by atoms with Crippen LogP contribution < -0.4 is 0 Å². The van der Waals surface area contributed by atoms with Gasteiger partial charge in [-0.05, 0) is 26.7 Å². The predicted octanol–water partition coefficient (Wildman–Crippen LogP) is 9.59. The summed E-state index contributed by atoms with van der Waals surface area (Å²) in [4.78, 5) is 32.4. The van der Waals surface area contributed by atoms with E-state index in [0.717, 1.165) is 38.5 Å². The summed E-state index contributed by atoms with van der Waals surface area (Å²) < 4.78 is 0. The Morgan fingerprint density at radius 1 is 0.550 bits per heavy atom. The van der Waals surface area contributed by atoms with Crippen LogP contribution in [0.2, 0.25) is 0 Å². The number of carbonyl (C=O) groups is 2. The lowest BCUT2D eigenvalue weighted by atomic mass is 10.1. The van der Waals surface area contributed by atoms with E-state index in [-0.39, 0.29) is 11.8 Å². The van der Waals surface area contributed by atoms with Crippen LogP contribution in [0.25, 0.3) is 0 Å². The SMILES string of the molecule is CC(C#N)CN=NCC(C)C#N.CCCCCCCCCCCC(=O)OOC(=O)CCCCCCCCCCC. The molecule has 8 heteroatoms.